The van der Waals surface area contributed by atoms with Gasteiger partial charge in [-0.2, -0.15) is 0 Å². The molecule has 2 amide bonds. The lowest BCUT2D eigenvalue weighted by atomic mass is 10.2. The molecule has 1 aromatic rings. The van der Waals surface area contributed by atoms with Gasteiger partial charge < -0.3 is 5.11 Å². The molecule has 1 rings (SSSR count). The quantitative estimate of drug-likeness (QED) is 0.680. The van der Waals surface area contributed by atoms with Gasteiger partial charge in [0.2, 0.25) is 5.91 Å². The van der Waals surface area contributed by atoms with Gasteiger partial charge in [-0.25, -0.2) is 4.39 Å². The maximum absolute atomic E-state index is 12.6. The summed E-state index contributed by atoms with van der Waals surface area (Å²) in [5, 5.41) is 8.34. The van der Waals surface area contributed by atoms with Crippen molar-refractivity contribution in [2.75, 3.05) is 0 Å². The van der Waals surface area contributed by atoms with Gasteiger partial charge in [0.15, 0.2) is 0 Å². The van der Waals surface area contributed by atoms with Crippen LogP contribution in [0.3, 0.4) is 0 Å². The minimum Gasteiger partial charge on any atom is -0.481 e. The smallest absolute Gasteiger partial charge is 0.303 e. The van der Waals surface area contributed by atoms with E-state index >= 15 is 0 Å². The van der Waals surface area contributed by atoms with Crippen LogP contribution in [0, 0.1) is 5.82 Å². The number of nitrogens with one attached hydrogen (secondary N) is 2. The number of hydrogen-bond donors (Lipinski definition) is 3. The van der Waals surface area contributed by atoms with Crippen LogP contribution in [0.15, 0.2) is 24.3 Å². The number of rotatable bonds is 4. The van der Waals surface area contributed by atoms with E-state index in [4.69, 9.17) is 5.11 Å². The van der Waals surface area contributed by atoms with E-state index in [-0.39, 0.29) is 18.4 Å². The van der Waals surface area contributed by atoms with Crippen LogP contribution in [0.1, 0.15) is 23.2 Å². The molecule has 0 spiro atoms. The first-order valence-electron chi connectivity index (χ1n) is 5.05. The van der Waals surface area contributed by atoms with Crippen molar-refractivity contribution in [1.82, 2.24) is 10.9 Å². The lowest BCUT2D eigenvalue weighted by Crippen LogP contribution is -2.41. The Hall–Kier alpha value is -2.44. The van der Waals surface area contributed by atoms with Gasteiger partial charge >= 0.3 is 5.97 Å². The second-order valence-electron chi connectivity index (χ2n) is 3.40. The highest BCUT2D eigenvalue weighted by atomic mass is 19.1. The fourth-order valence-electron chi connectivity index (χ4n) is 1.08. The number of carbonyl (C=O) groups excluding carboxylic acids is 2. The molecule has 0 aliphatic carbocycles. The molecule has 0 unspecified atom stereocenters. The van der Waals surface area contributed by atoms with Crippen LogP contribution >= 0.6 is 0 Å². The van der Waals surface area contributed by atoms with Crippen LogP contribution < -0.4 is 10.9 Å². The highest BCUT2D eigenvalue weighted by Crippen LogP contribution is 2.01. The Morgan fingerprint density at radius 2 is 1.67 bits per heavy atom. The number of carbonyl (C=O) groups is 3. The number of halogens is 1. The van der Waals surface area contributed by atoms with E-state index in [2.05, 4.69) is 10.9 Å². The van der Waals surface area contributed by atoms with E-state index in [1.54, 1.807) is 0 Å². The predicted molar refractivity (Wildman–Crippen MR) is 58.9 cm³/mol. The van der Waals surface area contributed by atoms with Crippen molar-refractivity contribution in [2.45, 2.75) is 12.8 Å². The molecular weight excluding hydrogens is 243 g/mol. The van der Waals surface area contributed by atoms with Gasteiger partial charge in [0.05, 0.1) is 6.42 Å². The minimum absolute atomic E-state index is 0.176. The summed E-state index contributed by atoms with van der Waals surface area (Å²) >= 11 is 0. The molecule has 0 aromatic heterocycles. The summed E-state index contributed by atoms with van der Waals surface area (Å²) in [4.78, 5) is 32.7. The monoisotopic (exact) mass is 254 g/mol. The van der Waals surface area contributed by atoms with Gasteiger partial charge in [-0.1, -0.05) is 0 Å². The van der Waals surface area contributed by atoms with Crippen LogP contribution in [0.5, 0.6) is 0 Å². The molecular formula is C11H11FN2O4. The molecule has 18 heavy (non-hydrogen) atoms. The molecule has 0 radical (unpaired) electrons. The van der Waals surface area contributed by atoms with Crippen molar-refractivity contribution < 1.29 is 23.9 Å². The molecule has 0 saturated carbocycles. The van der Waals surface area contributed by atoms with Gasteiger partial charge in [-0.05, 0) is 24.3 Å². The van der Waals surface area contributed by atoms with E-state index in [1.165, 1.54) is 12.1 Å². The molecule has 0 fully saturated rings. The predicted octanol–water partition coefficient (Wildman–Crippen LogP) is 0.452. The zero-order chi connectivity index (χ0) is 13.5. The number of benzene rings is 1. The molecule has 0 aliphatic heterocycles. The summed E-state index contributed by atoms with van der Waals surface area (Å²) in [5.74, 6) is -2.81. The fraction of sp³-hybridized carbons (Fsp3) is 0.182. The third kappa shape index (κ3) is 4.60. The summed E-state index contributed by atoms with van der Waals surface area (Å²) in [6, 6.07) is 4.74. The first-order valence-corrected chi connectivity index (χ1v) is 5.05. The van der Waals surface area contributed by atoms with Crippen LogP contribution in [0.4, 0.5) is 4.39 Å². The lowest BCUT2D eigenvalue weighted by Gasteiger charge is -2.06. The fourth-order valence-corrected chi connectivity index (χ4v) is 1.08. The Labute approximate surface area is 102 Å². The molecule has 0 saturated heterocycles. The van der Waals surface area contributed by atoms with Crippen LogP contribution in [-0.2, 0) is 9.59 Å². The van der Waals surface area contributed by atoms with Crippen LogP contribution in [0.2, 0.25) is 0 Å². The minimum atomic E-state index is -1.10. The molecule has 0 atom stereocenters. The molecule has 0 heterocycles. The van der Waals surface area contributed by atoms with Gasteiger partial charge in [0.25, 0.3) is 5.91 Å². The Balaban J connectivity index is 2.39. The summed E-state index contributed by atoms with van der Waals surface area (Å²) in [5.41, 5.74) is 4.32. The zero-order valence-corrected chi connectivity index (χ0v) is 9.27. The maximum Gasteiger partial charge on any atom is 0.303 e. The number of amides is 2. The molecule has 0 aliphatic rings. The summed E-state index contributed by atoms with van der Waals surface area (Å²) < 4.78 is 12.6. The number of carboxylic acids is 1. The average Bonchev–Trinajstić information content (AvgIpc) is 2.34. The molecule has 6 nitrogen and oxygen atoms in total. The second-order valence-corrected chi connectivity index (χ2v) is 3.40. The van der Waals surface area contributed by atoms with E-state index in [9.17, 15) is 18.8 Å². The van der Waals surface area contributed by atoms with Gasteiger partial charge in [-0.3, -0.25) is 25.2 Å². The standard InChI is InChI=1S/C11H11FN2O4/c12-8-3-1-7(2-4-8)11(18)14-13-9(15)5-6-10(16)17/h1-4H,5-6H2,(H,13,15)(H,14,18)(H,16,17). The second kappa shape index (κ2) is 6.33. The van der Waals surface area contributed by atoms with Crippen molar-refractivity contribution in [3.8, 4) is 0 Å². The average molecular weight is 254 g/mol. The number of hydrazine groups is 1. The van der Waals surface area contributed by atoms with Gasteiger partial charge in [0.1, 0.15) is 5.82 Å². The first-order chi connectivity index (χ1) is 8.49. The van der Waals surface area contributed by atoms with Crippen molar-refractivity contribution in [1.29, 1.82) is 0 Å². The van der Waals surface area contributed by atoms with E-state index in [0.29, 0.717) is 0 Å². The molecule has 96 valence electrons. The largest absolute Gasteiger partial charge is 0.481 e. The third-order valence-electron chi connectivity index (χ3n) is 1.99. The summed E-state index contributed by atoms with van der Waals surface area (Å²) in [6.45, 7) is 0. The van der Waals surface area contributed by atoms with Crippen molar-refractivity contribution >= 4 is 17.8 Å². The van der Waals surface area contributed by atoms with E-state index in [0.717, 1.165) is 12.1 Å². The Morgan fingerprint density at radius 3 is 2.22 bits per heavy atom. The number of carboxylic acid groups (broad SMARTS) is 1. The topological polar surface area (TPSA) is 95.5 Å². The number of hydrogen-bond acceptors (Lipinski definition) is 3. The zero-order valence-electron chi connectivity index (χ0n) is 9.27. The van der Waals surface area contributed by atoms with Crippen LogP contribution in [-0.4, -0.2) is 22.9 Å². The molecule has 3 N–H and O–H groups in total. The van der Waals surface area contributed by atoms with Gasteiger partial charge in [0, 0.05) is 12.0 Å². The Bertz CT molecular complexity index is 459. The van der Waals surface area contributed by atoms with E-state index < -0.39 is 23.6 Å². The third-order valence-corrected chi connectivity index (χ3v) is 1.99. The Morgan fingerprint density at radius 1 is 1.06 bits per heavy atom. The maximum atomic E-state index is 12.6. The van der Waals surface area contributed by atoms with Crippen molar-refractivity contribution in [3.63, 3.8) is 0 Å². The van der Waals surface area contributed by atoms with Crippen molar-refractivity contribution in [3.05, 3.63) is 35.6 Å². The normalized spacial score (nSPS) is 9.61. The van der Waals surface area contributed by atoms with Crippen molar-refractivity contribution in [2.24, 2.45) is 0 Å². The highest BCUT2D eigenvalue weighted by Gasteiger charge is 2.08. The first kappa shape index (κ1) is 13.6. The Kier molecular flexibility index (Phi) is 4.79. The van der Waals surface area contributed by atoms with Crippen LogP contribution in [0.25, 0.3) is 0 Å². The lowest BCUT2D eigenvalue weighted by molar-refractivity contribution is -0.138. The molecule has 0 bridgehead atoms. The highest BCUT2D eigenvalue weighted by molar-refractivity contribution is 5.95. The number of aliphatic carboxylic acids is 1. The summed E-state index contributed by atoms with van der Waals surface area (Å²) in [7, 11) is 0. The molecule has 7 heteroatoms. The van der Waals surface area contributed by atoms with E-state index in [1.807, 2.05) is 0 Å². The van der Waals surface area contributed by atoms with Gasteiger partial charge in [-0.15, -0.1) is 0 Å². The molecule has 1 aromatic carbocycles. The summed E-state index contributed by atoms with van der Waals surface area (Å²) in [6.07, 6.45) is -0.558. The SMILES string of the molecule is O=C(O)CCC(=O)NNC(=O)c1ccc(F)cc1.